The summed E-state index contributed by atoms with van der Waals surface area (Å²) in [5.74, 6) is -3.24. The molecule has 12 heteroatoms. The van der Waals surface area contributed by atoms with Crippen molar-refractivity contribution >= 4 is 11.9 Å². The monoisotopic (exact) mass is 444 g/mol. The summed E-state index contributed by atoms with van der Waals surface area (Å²) in [5.41, 5.74) is -2.18. The average molecular weight is 444 g/mol. The van der Waals surface area contributed by atoms with Gasteiger partial charge in [-0.15, -0.1) is 0 Å². The third-order valence-corrected chi connectivity index (χ3v) is 6.10. The number of hydrogen-bond donors (Lipinski definition) is 0. The molecule has 0 aromatic carbocycles. The van der Waals surface area contributed by atoms with Gasteiger partial charge in [-0.2, -0.15) is 26.3 Å². The Morgan fingerprint density at radius 2 is 1.77 bits per heavy atom. The highest BCUT2D eigenvalue weighted by atomic mass is 19.4. The fourth-order valence-corrected chi connectivity index (χ4v) is 4.81. The largest absolute Gasteiger partial charge is 0.487 e. The maximum Gasteiger partial charge on any atom is 0.434 e. The zero-order valence-electron chi connectivity index (χ0n) is 15.8. The Morgan fingerprint density at radius 3 is 2.27 bits per heavy atom. The molecule has 2 saturated heterocycles. The van der Waals surface area contributed by atoms with Crippen LogP contribution >= 0.6 is 0 Å². The van der Waals surface area contributed by atoms with Gasteiger partial charge in [0.05, 0.1) is 0 Å². The average Bonchev–Trinajstić information content (AvgIpc) is 3.22. The van der Waals surface area contributed by atoms with E-state index in [4.69, 9.17) is 14.2 Å². The summed E-state index contributed by atoms with van der Waals surface area (Å²) in [6, 6.07) is 0. The SMILES string of the molecule is CC(C)/C(OC1C2CC3[C@@H]1OC(=O)C3(C(=O)OC(C(F)(F)F)C(F)(F)F)C2)=C1/CO1. The molecule has 4 fully saturated rings. The van der Waals surface area contributed by atoms with E-state index in [9.17, 15) is 35.9 Å². The minimum absolute atomic E-state index is 0.0483. The highest BCUT2D eigenvalue weighted by Gasteiger charge is 2.76. The van der Waals surface area contributed by atoms with Crippen LogP contribution in [-0.4, -0.2) is 49.2 Å². The van der Waals surface area contributed by atoms with E-state index in [1.54, 1.807) is 0 Å². The molecule has 2 heterocycles. The molecule has 6 nitrogen and oxygen atoms in total. The summed E-state index contributed by atoms with van der Waals surface area (Å²) >= 11 is 0. The molecule has 0 amide bonds. The van der Waals surface area contributed by atoms with E-state index in [2.05, 4.69) is 4.74 Å². The van der Waals surface area contributed by atoms with Gasteiger partial charge in [-0.05, 0) is 12.8 Å². The molecule has 0 aromatic rings. The highest BCUT2D eigenvalue weighted by molar-refractivity contribution is 6.03. The van der Waals surface area contributed by atoms with Crippen molar-refractivity contribution in [2.45, 2.75) is 57.4 Å². The summed E-state index contributed by atoms with van der Waals surface area (Å²) in [7, 11) is 0. The Balaban J connectivity index is 1.56. The zero-order chi connectivity index (χ0) is 22.2. The van der Waals surface area contributed by atoms with Crippen LogP contribution in [0.4, 0.5) is 26.3 Å². The second-order valence-electron chi connectivity index (χ2n) is 8.33. The molecule has 0 N–H and O–H groups in total. The summed E-state index contributed by atoms with van der Waals surface area (Å²) in [6.07, 6.45) is -17.7. The normalized spacial score (nSPS) is 36.1. The number of rotatable bonds is 5. The molecular formula is C18H18F6O6. The number of alkyl halides is 6. The number of carbonyl (C=O) groups is 2. The van der Waals surface area contributed by atoms with Crippen molar-refractivity contribution in [3.8, 4) is 0 Å². The Labute approximate surface area is 166 Å². The highest BCUT2D eigenvalue weighted by Crippen LogP contribution is 2.63. The van der Waals surface area contributed by atoms with Gasteiger partial charge in [0.25, 0.3) is 6.10 Å². The van der Waals surface area contributed by atoms with Gasteiger partial charge in [0.2, 0.25) is 0 Å². The predicted molar refractivity (Wildman–Crippen MR) is 83.2 cm³/mol. The number of epoxide rings is 1. The van der Waals surface area contributed by atoms with E-state index >= 15 is 0 Å². The molecule has 0 aromatic heterocycles. The van der Waals surface area contributed by atoms with Crippen molar-refractivity contribution in [2.24, 2.45) is 23.2 Å². The van der Waals surface area contributed by atoms with Gasteiger partial charge in [0, 0.05) is 17.8 Å². The fourth-order valence-electron chi connectivity index (χ4n) is 4.81. The standard InChI is InChI=1S/C18H18F6O6/c1-6(2)10(9-5-27-9)28-11-7-3-8-12(11)29-14(25)16(8,4-7)15(26)30-13(17(19,20)21)18(22,23)24/h6-8,11-13H,3-5H2,1-2H3/b10-9+/t7?,8?,11?,12-,16?/m0/s1. The van der Waals surface area contributed by atoms with Crippen molar-refractivity contribution in [1.82, 2.24) is 0 Å². The van der Waals surface area contributed by atoms with Gasteiger partial charge in [-0.3, -0.25) is 9.59 Å². The van der Waals surface area contributed by atoms with Crippen LogP contribution in [-0.2, 0) is 28.5 Å². The van der Waals surface area contributed by atoms with E-state index in [1.807, 2.05) is 13.8 Å². The second-order valence-corrected chi connectivity index (χ2v) is 8.33. The zero-order valence-corrected chi connectivity index (χ0v) is 15.8. The first-order valence-electron chi connectivity index (χ1n) is 9.35. The van der Waals surface area contributed by atoms with Gasteiger partial charge >= 0.3 is 24.3 Å². The van der Waals surface area contributed by atoms with Crippen LogP contribution in [0.1, 0.15) is 26.7 Å². The van der Waals surface area contributed by atoms with Crippen LogP contribution in [0.2, 0.25) is 0 Å². The first-order chi connectivity index (χ1) is 13.8. The maximum atomic E-state index is 12.8. The molecule has 4 unspecified atom stereocenters. The van der Waals surface area contributed by atoms with Crippen molar-refractivity contribution in [3.05, 3.63) is 11.5 Å². The molecule has 168 valence electrons. The summed E-state index contributed by atoms with van der Waals surface area (Å²) < 4.78 is 97.0. The van der Waals surface area contributed by atoms with Crippen LogP contribution in [0.5, 0.6) is 0 Å². The topological polar surface area (TPSA) is 74.4 Å². The van der Waals surface area contributed by atoms with E-state index in [1.165, 1.54) is 0 Å². The lowest BCUT2D eigenvalue weighted by molar-refractivity contribution is -0.315. The third kappa shape index (κ3) is 3.09. The Hall–Kier alpha value is -2.14. The van der Waals surface area contributed by atoms with Crippen LogP contribution in [0.25, 0.3) is 0 Å². The number of halogens is 6. The van der Waals surface area contributed by atoms with Crippen molar-refractivity contribution < 1.29 is 54.9 Å². The number of allylic oxidation sites excluding steroid dienone is 1. The summed E-state index contributed by atoms with van der Waals surface area (Å²) in [5, 5.41) is 0. The van der Waals surface area contributed by atoms with E-state index in [0.717, 1.165) is 0 Å². The number of carbonyl (C=O) groups excluding carboxylic acids is 2. The fraction of sp³-hybridized carbons (Fsp3) is 0.778. The number of fused-ring (bicyclic) bond motifs is 1. The quantitative estimate of drug-likeness (QED) is 0.213. The van der Waals surface area contributed by atoms with Crippen molar-refractivity contribution in [2.75, 3.05) is 6.61 Å². The second kappa shape index (κ2) is 6.43. The Bertz CT molecular complexity index is 782. The molecule has 0 spiro atoms. The van der Waals surface area contributed by atoms with Crippen LogP contribution < -0.4 is 0 Å². The van der Waals surface area contributed by atoms with E-state index < -0.39 is 59.9 Å². The van der Waals surface area contributed by atoms with Gasteiger partial charge < -0.3 is 18.9 Å². The van der Waals surface area contributed by atoms with Gasteiger partial charge in [-0.1, -0.05) is 13.8 Å². The van der Waals surface area contributed by atoms with E-state index in [0.29, 0.717) is 18.1 Å². The molecule has 2 aliphatic heterocycles. The summed E-state index contributed by atoms with van der Waals surface area (Å²) in [4.78, 5) is 25.0. The molecule has 0 radical (unpaired) electrons. The Kier molecular flexibility index (Phi) is 4.52. The smallest absolute Gasteiger partial charge is 0.434 e. The molecule has 4 rings (SSSR count). The summed E-state index contributed by atoms with van der Waals surface area (Å²) in [6.45, 7) is 4.10. The predicted octanol–water partition coefficient (Wildman–Crippen LogP) is 3.26. The molecule has 5 atom stereocenters. The first-order valence-corrected chi connectivity index (χ1v) is 9.35. The number of esters is 2. The van der Waals surface area contributed by atoms with Crippen LogP contribution in [0.3, 0.4) is 0 Å². The molecule has 30 heavy (non-hydrogen) atoms. The van der Waals surface area contributed by atoms with Crippen molar-refractivity contribution in [3.63, 3.8) is 0 Å². The first kappa shape index (κ1) is 21.1. The molecule has 4 aliphatic rings. The lowest BCUT2D eigenvalue weighted by atomic mass is 9.73. The minimum Gasteiger partial charge on any atom is -0.487 e. The lowest BCUT2D eigenvalue weighted by Gasteiger charge is -2.33. The maximum absolute atomic E-state index is 12.8. The van der Waals surface area contributed by atoms with Gasteiger partial charge in [-0.25, -0.2) is 0 Å². The molecular weight excluding hydrogens is 426 g/mol. The molecule has 2 bridgehead atoms. The lowest BCUT2D eigenvalue weighted by Crippen LogP contribution is -2.51. The molecule has 2 aliphatic carbocycles. The third-order valence-electron chi connectivity index (χ3n) is 6.10. The molecule has 2 saturated carbocycles. The number of ether oxygens (including phenoxy) is 4. The Morgan fingerprint density at radius 1 is 1.17 bits per heavy atom. The number of hydrogen-bond acceptors (Lipinski definition) is 6. The van der Waals surface area contributed by atoms with Crippen molar-refractivity contribution in [1.29, 1.82) is 0 Å². The van der Waals surface area contributed by atoms with Gasteiger partial charge in [0.1, 0.15) is 24.6 Å². The minimum atomic E-state index is -5.86. The van der Waals surface area contributed by atoms with E-state index in [-0.39, 0.29) is 18.8 Å². The van der Waals surface area contributed by atoms with Crippen LogP contribution in [0.15, 0.2) is 11.5 Å². The van der Waals surface area contributed by atoms with Gasteiger partial charge in [0.15, 0.2) is 11.2 Å². The van der Waals surface area contributed by atoms with Crippen LogP contribution in [0, 0.1) is 23.2 Å².